The predicted molar refractivity (Wildman–Crippen MR) is 88.5 cm³/mol. The van der Waals surface area contributed by atoms with Gasteiger partial charge in [0, 0.05) is 30.8 Å². The highest BCUT2D eigenvalue weighted by Crippen LogP contribution is 2.55. The van der Waals surface area contributed by atoms with Crippen LogP contribution in [0.15, 0.2) is 18.2 Å². The number of likely N-dealkylation sites (tertiary alicyclic amines) is 1. The lowest BCUT2D eigenvalue weighted by atomic mass is 9.52. The zero-order chi connectivity index (χ0) is 15.6. The first-order chi connectivity index (χ1) is 11.2. The van der Waals surface area contributed by atoms with Crippen LogP contribution in [-0.4, -0.2) is 34.9 Å². The molecular weight excluding hydrogens is 286 g/mol. The van der Waals surface area contributed by atoms with Gasteiger partial charge in [0.05, 0.1) is 0 Å². The van der Waals surface area contributed by atoms with Crippen molar-refractivity contribution >= 4 is 5.78 Å². The van der Waals surface area contributed by atoms with Crippen LogP contribution in [0, 0.1) is 11.8 Å². The Morgan fingerprint density at radius 2 is 2.13 bits per heavy atom. The van der Waals surface area contributed by atoms with Crippen molar-refractivity contribution in [2.75, 3.05) is 13.1 Å². The summed E-state index contributed by atoms with van der Waals surface area (Å²) in [6, 6.07) is 6.50. The minimum Gasteiger partial charge on any atom is -0.508 e. The van der Waals surface area contributed by atoms with Crippen LogP contribution in [0.4, 0.5) is 0 Å². The number of Topliss-reactive ketones (excluding diaryl/α,β-unsaturated/α-hetero) is 1. The Morgan fingerprint density at radius 3 is 2.96 bits per heavy atom. The van der Waals surface area contributed by atoms with Crippen LogP contribution in [0.3, 0.4) is 0 Å². The van der Waals surface area contributed by atoms with Crippen molar-refractivity contribution < 1.29 is 9.90 Å². The van der Waals surface area contributed by atoms with E-state index in [0.717, 1.165) is 38.1 Å². The molecule has 3 aliphatic carbocycles. The molecule has 4 aliphatic rings. The van der Waals surface area contributed by atoms with Gasteiger partial charge in [0.25, 0.3) is 0 Å². The average molecular weight is 311 g/mol. The van der Waals surface area contributed by atoms with E-state index in [4.69, 9.17) is 0 Å². The van der Waals surface area contributed by atoms with E-state index in [1.807, 2.05) is 12.1 Å². The van der Waals surface area contributed by atoms with Gasteiger partial charge in [-0.05, 0) is 73.7 Å². The Bertz CT molecular complexity index is 666. The van der Waals surface area contributed by atoms with Gasteiger partial charge in [-0.2, -0.15) is 0 Å². The summed E-state index contributed by atoms with van der Waals surface area (Å²) < 4.78 is 0. The number of piperidine rings is 1. The van der Waals surface area contributed by atoms with Crippen LogP contribution >= 0.6 is 0 Å². The van der Waals surface area contributed by atoms with E-state index in [1.54, 1.807) is 0 Å². The maximum absolute atomic E-state index is 12.3. The Morgan fingerprint density at radius 1 is 1.26 bits per heavy atom. The number of hydrogen-bond donors (Lipinski definition) is 1. The van der Waals surface area contributed by atoms with E-state index in [2.05, 4.69) is 11.0 Å². The van der Waals surface area contributed by atoms with Gasteiger partial charge in [-0.3, -0.25) is 9.69 Å². The highest BCUT2D eigenvalue weighted by atomic mass is 16.3. The van der Waals surface area contributed by atoms with Gasteiger partial charge in [-0.25, -0.2) is 0 Å². The molecular formula is C20H25NO2. The number of nitrogens with zero attached hydrogens (tertiary/aromatic N) is 1. The van der Waals surface area contributed by atoms with Gasteiger partial charge in [0.2, 0.25) is 0 Å². The predicted octanol–water partition coefficient (Wildman–Crippen LogP) is 3.04. The van der Waals surface area contributed by atoms with Crippen LogP contribution in [0.1, 0.15) is 49.7 Å². The van der Waals surface area contributed by atoms with Crippen molar-refractivity contribution in [3.63, 3.8) is 0 Å². The standard InChI is InChI=1S/C20H25NO2/c22-15-4-3-14-9-19-17-6-5-16(23)11-20(17,18(14)10-15)7-8-21(19)12-13-1-2-13/h3-4,10,13,17,19,22H,1-2,5-9,11-12H2/t17-,19?,20?/m0/s1. The first-order valence-electron chi connectivity index (χ1n) is 9.24. The van der Waals surface area contributed by atoms with Crippen LogP contribution < -0.4 is 0 Å². The number of ketones is 1. The van der Waals surface area contributed by atoms with Gasteiger partial charge < -0.3 is 5.11 Å². The lowest BCUT2D eigenvalue weighted by Crippen LogP contribution is -2.62. The third kappa shape index (κ3) is 2.09. The number of phenolic OH excluding ortho intramolecular Hbond substituents is 1. The summed E-state index contributed by atoms with van der Waals surface area (Å²) in [5.74, 6) is 2.30. The summed E-state index contributed by atoms with van der Waals surface area (Å²) in [7, 11) is 0. The van der Waals surface area contributed by atoms with Gasteiger partial charge in [-0.15, -0.1) is 0 Å². The molecule has 1 N–H and O–H groups in total. The molecule has 2 bridgehead atoms. The molecule has 2 unspecified atom stereocenters. The van der Waals surface area contributed by atoms with E-state index >= 15 is 0 Å². The van der Waals surface area contributed by atoms with Crippen molar-refractivity contribution in [2.24, 2.45) is 11.8 Å². The van der Waals surface area contributed by atoms with Gasteiger partial charge in [-0.1, -0.05) is 6.07 Å². The first kappa shape index (κ1) is 14.0. The number of carbonyl (C=O) groups is 1. The number of hydrogen-bond acceptors (Lipinski definition) is 3. The molecule has 0 spiro atoms. The van der Waals surface area contributed by atoms with Crippen molar-refractivity contribution in [3.8, 4) is 5.75 Å². The lowest BCUT2D eigenvalue weighted by molar-refractivity contribution is -0.127. The van der Waals surface area contributed by atoms with E-state index in [0.29, 0.717) is 29.9 Å². The van der Waals surface area contributed by atoms with Gasteiger partial charge >= 0.3 is 0 Å². The summed E-state index contributed by atoms with van der Waals surface area (Å²) in [4.78, 5) is 15.0. The maximum Gasteiger partial charge on any atom is 0.133 e. The van der Waals surface area contributed by atoms with Crippen molar-refractivity contribution in [1.82, 2.24) is 4.90 Å². The Kier molecular flexibility index (Phi) is 2.94. The summed E-state index contributed by atoms with van der Waals surface area (Å²) in [5.41, 5.74) is 2.67. The van der Waals surface area contributed by atoms with Crippen molar-refractivity contribution in [2.45, 2.75) is 56.4 Å². The molecule has 3 heteroatoms. The largest absolute Gasteiger partial charge is 0.508 e. The molecule has 3 atom stereocenters. The van der Waals surface area contributed by atoms with E-state index in [-0.39, 0.29) is 5.41 Å². The molecule has 23 heavy (non-hydrogen) atoms. The average Bonchev–Trinajstić information content (AvgIpc) is 3.34. The number of carbonyl (C=O) groups excluding carboxylic acids is 1. The van der Waals surface area contributed by atoms with E-state index in [9.17, 15) is 9.90 Å². The SMILES string of the molecule is O=C1CC[C@H]2C3Cc4ccc(O)cc4C2(CCN3CC2CC2)C1. The molecule has 0 radical (unpaired) electrons. The Balaban J connectivity index is 1.60. The lowest BCUT2D eigenvalue weighted by Gasteiger charge is -2.58. The number of phenols is 1. The zero-order valence-electron chi connectivity index (χ0n) is 13.6. The Hall–Kier alpha value is -1.35. The molecule has 1 aliphatic heterocycles. The summed E-state index contributed by atoms with van der Waals surface area (Å²) >= 11 is 0. The van der Waals surface area contributed by atoms with Crippen molar-refractivity contribution in [3.05, 3.63) is 29.3 Å². The monoisotopic (exact) mass is 311 g/mol. The smallest absolute Gasteiger partial charge is 0.133 e. The zero-order valence-corrected chi connectivity index (χ0v) is 13.6. The van der Waals surface area contributed by atoms with Crippen LogP contribution in [0.2, 0.25) is 0 Å². The topological polar surface area (TPSA) is 40.5 Å². The molecule has 5 rings (SSSR count). The molecule has 1 saturated heterocycles. The molecule has 1 aromatic carbocycles. The van der Waals surface area contributed by atoms with Crippen LogP contribution in [-0.2, 0) is 16.6 Å². The van der Waals surface area contributed by atoms with Crippen LogP contribution in [0.25, 0.3) is 0 Å². The second-order valence-corrected chi connectivity index (χ2v) is 8.32. The number of benzene rings is 1. The van der Waals surface area contributed by atoms with E-state index < -0.39 is 0 Å². The second kappa shape index (κ2) is 4.83. The number of fused-ring (bicyclic) bond motifs is 1. The van der Waals surface area contributed by atoms with Gasteiger partial charge in [0.1, 0.15) is 11.5 Å². The molecule has 3 fully saturated rings. The molecule has 0 aromatic heterocycles. The second-order valence-electron chi connectivity index (χ2n) is 8.32. The Labute approximate surface area is 137 Å². The molecule has 3 nitrogen and oxygen atoms in total. The minimum absolute atomic E-state index is 0.00632. The summed E-state index contributed by atoms with van der Waals surface area (Å²) in [6.07, 6.45) is 7.49. The fraction of sp³-hybridized carbons (Fsp3) is 0.650. The highest BCUT2D eigenvalue weighted by molar-refractivity contribution is 5.81. The molecule has 1 aromatic rings. The third-order valence-corrected chi connectivity index (χ3v) is 6.98. The quantitative estimate of drug-likeness (QED) is 0.912. The van der Waals surface area contributed by atoms with Gasteiger partial charge in [0.15, 0.2) is 0 Å². The van der Waals surface area contributed by atoms with Crippen LogP contribution in [0.5, 0.6) is 5.75 Å². The highest BCUT2D eigenvalue weighted by Gasteiger charge is 2.55. The number of aromatic hydroxyl groups is 1. The number of rotatable bonds is 2. The molecule has 122 valence electrons. The fourth-order valence-corrected chi connectivity index (χ4v) is 5.75. The molecule has 0 amide bonds. The third-order valence-electron chi connectivity index (χ3n) is 6.98. The molecule has 1 heterocycles. The minimum atomic E-state index is 0.00632. The summed E-state index contributed by atoms with van der Waals surface area (Å²) in [5, 5.41) is 10.0. The normalized spacial score (nSPS) is 36.4. The summed E-state index contributed by atoms with van der Waals surface area (Å²) in [6.45, 7) is 2.39. The van der Waals surface area contributed by atoms with E-state index in [1.165, 1.54) is 30.5 Å². The molecule has 2 saturated carbocycles. The van der Waals surface area contributed by atoms with Crippen molar-refractivity contribution in [1.29, 1.82) is 0 Å². The maximum atomic E-state index is 12.3. The first-order valence-corrected chi connectivity index (χ1v) is 9.24. The fourth-order valence-electron chi connectivity index (χ4n) is 5.75.